The molecule has 2 aromatic rings. The van der Waals surface area contributed by atoms with Crippen molar-refractivity contribution in [2.24, 2.45) is 0 Å². The predicted molar refractivity (Wildman–Crippen MR) is 85.2 cm³/mol. The number of nitro benzene ring substituents is 1. The SMILES string of the molecule is CCCCn1c(CC)ccc1C(=O)c1cccc([N+](=O)[O-])c1. The van der Waals surface area contributed by atoms with Crippen LogP contribution in [0.2, 0.25) is 0 Å². The van der Waals surface area contributed by atoms with E-state index in [0.717, 1.165) is 31.5 Å². The molecule has 0 aliphatic carbocycles. The largest absolute Gasteiger partial charge is 0.342 e. The first-order valence-electron chi connectivity index (χ1n) is 7.56. The second-order valence-corrected chi connectivity index (χ2v) is 5.21. The van der Waals surface area contributed by atoms with Crippen LogP contribution in [0.3, 0.4) is 0 Å². The number of aryl methyl sites for hydroxylation is 1. The molecule has 0 saturated heterocycles. The predicted octanol–water partition coefficient (Wildman–Crippen LogP) is 3.99. The Hall–Kier alpha value is -2.43. The minimum absolute atomic E-state index is 0.0618. The average Bonchev–Trinajstić information content (AvgIpc) is 2.95. The third-order valence-corrected chi connectivity index (χ3v) is 3.72. The minimum atomic E-state index is -0.482. The van der Waals surface area contributed by atoms with Crippen molar-refractivity contribution in [2.75, 3.05) is 0 Å². The van der Waals surface area contributed by atoms with Crippen LogP contribution in [0.5, 0.6) is 0 Å². The third kappa shape index (κ3) is 3.24. The first-order chi connectivity index (χ1) is 10.6. The van der Waals surface area contributed by atoms with Gasteiger partial charge in [-0.3, -0.25) is 14.9 Å². The van der Waals surface area contributed by atoms with Gasteiger partial charge in [0, 0.05) is 29.9 Å². The van der Waals surface area contributed by atoms with Crippen LogP contribution in [-0.4, -0.2) is 15.3 Å². The molecule has 0 amide bonds. The molecule has 0 saturated carbocycles. The molecule has 0 aliphatic rings. The Morgan fingerprint density at radius 1 is 1.23 bits per heavy atom. The summed E-state index contributed by atoms with van der Waals surface area (Å²) in [5.41, 5.74) is 2.01. The van der Waals surface area contributed by atoms with E-state index in [4.69, 9.17) is 0 Å². The van der Waals surface area contributed by atoms with Gasteiger partial charge < -0.3 is 4.57 Å². The number of hydrogen-bond donors (Lipinski definition) is 0. The summed E-state index contributed by atoms with van der Waals surface area (Å²) < 4.78 is 2.03. The van der Waals surface area contributed by atoms with Gasteiger partial charge in [0.2, 0.25) is 5.78 Å². The van der Waals surface area contributed by atoms with E-state index in [0.29, 0.717) is 11.3 Å². The van der Waals surface area contributed by atoms with Gasteiger partial charge in [0.25, 0.3) is 5.69 Å². The standard InChI is InChI=1S/C17H20N2O3/c1-3-5-11-18-14(4-2)9-10-16(18)17(20)13-7-6-8-15(12-13)19(21)22/h6-10,12H,3-5,11H2,1-2H3. The Balaban J connectivity index is 2.38. The van der Waals surface area contributed by atoms with Crippen LogP contribution in [0.15, 0.2) is 36.4 Å². The lowest BCUT2D eigenvalue weighted by Gasteiger charge is -2.11. The third-order valence-electron chi connectivity index (χ3n) is 3.72. The summed E-state index contributed by atoms with van der Waals surface area (Å²) in [6.07, 6.45) is 2.90. The van der Waals surface area contributed by atoms with Gasteiger partial charge in [0.15, 0.2) is 0 Å². The second kappa shape index (κ2) is 7.02. The minimum Gasteiger partial charge on any atom is -0.342 e. The molecule has 0 N–H and O–H groups in total. The summed E-state index contributed by atoms with van der Waals surface area (Å²) in [4.78, 5) is 23.1. The molecule has 22 heavy (non-hydrogen) atoms. The summed E-state index contributed by atoms with van der Waals surface area (Å²) >= 11 is 0. The highest BCUT2D eigenvalue weighted by molar-refractivity contribution is 6.08. The number of ketones is 1. The van der Waals surface area contributed by atoms with Crippen LogP contribution < -0.4 is 0 Å². The first kappa shape index (κ1) is 15.9. The highest BCUT2D eigenvalue weighted by Crippen LogP contribution is 2.19. The molecule has 0 spiro atoms. The number of carbonyl (C=O) groups excluding carboxylic acids is 1. The number of carbonyl (C=O) groups is 1. The zero-order chi connectivity index (χ0) is 16.1. The van der Waals surface area contributed by atoms with E-state index in [2.05, 4.69) is 13.8 Å². The van der Waals surface area contributed by atoms with E-state index in [9.17, 15) is 14.9 Å². The number of nitro groups is 1. The number of nitrogens with zero attached hydrogens (tertiary/aromatic N) is 2. The van der Waals surface area contributed by atoms with E-state index in [1.165, 1.54) is 12.1 Å². The normalized spacial score (nSPS) is 10.6. The van der Waals surface area contributed by atoms with Crippen molar-refractivity contribution in [3.8, 4) is 0 Å². The van der Waals surface area contributed by atoms with E-state index in [-0.39, 0.29) is 11.5 Å². The van der Waals surface area contributed by atoms with Gasteiger partial charge in [-0.1, -0.05) is 32.4 Å². The zero-order valence-electron chi connectivity index (χ0n) is 12.9. The maximum absolute atomic E-state index is 12.7. The molecule has 116 valence electrons. The van der Waals surface area contributed by atoms with Crippen molar-refractivity contribution < 1.29 is 9.72 Å². The molecule has 0 unspecified atom stereocenters. The highest BCUT2D eigenvalue weighted by atomic mass is 16.6. The number of unbranched alkanes of at least 4 members (excludes halogenated alkanes) is 1. The summed E-state index contributed by atoms with van der Waals surface area (Å²) in [6, 6.07) is 9.68. The molecule has 1 aromatic carbocycles. The Morgan fingerprint density at radius 2 is 2.00 bits per heavy atom. The van der Waals surface area contributed by atoms with E-state index in [1.807, 2.05) is 16.7 Å². The molecule has 1 aromatic heterocycles. The van der Waals surface area contributed by atoms with Crippen LogP contribution in [0.25, 0.3) is 0 Å². The molecule has 0 atom stereocenters. The van der Waals surface area contributed by atoms with Crippen LogP contribution in [-0.2, 0) is 13.0 Å². The van der Waals surface area contributed by atoms with Crippen molar-refractivity contribution in [2.45, 2.75) is 39.7 Å². The average molecular weight is 300 g/mol. The molecule has 0 fully saturated rings. The summed E-state index contributed by atoms with van der Waals surface area (Å²) in [5, 5.41) is 10.9. The Labute approximate surface area is 129 Å². The molecule has 2 rings (SSSR count). The molecule has 5 nitrogen and oxygen atoms in total. The second-order valence-electron chi connectivity index (χ2n) is 5.21. The van der Waals surface area contributed by atoms with Crippen LogP contribution in [0.1, 0.15) is 48.4 Å². The molecular formula is C17H20N2O3. The lowest BCUT2D eigenvalue weighted by Crippen LogP contribution is -2.12. The van der Waals surface area contributed by atoms with Gasteiger partial charge >= 0.3 is 0 Å². The van der Waals surface area contributed by atoms with Crippen molar-refractivity contribution in [3.05, 3.63) is 63.5 Å². The number of benzene rings is 1. The van der Waals surface area contributed by atoms with Gasteiger partial charge in [-0.25, -0.2) is 0 Å². The first-order valence-corrected chi connectivity index (χ1v) is 7.56. The Kier molecular flexibility index (Phi) is 5.09. The van der Waals surface area contributed by atoms with E-state index >= 15 is 0 Å². The smallest absolute Gasteiger partial charge is 0.270 e. The van der Waals surface area contributed by atoms with Crippen molar-refractivity contribution in [1.82, 2.24) is 4.57 Å². The maximum Gasteiger partial charge on any atom is 0.270 e. The van der Waals surface area contributed by atoms with Crippen LogP contribution in [0.4, 0.5) is 5.69 Å². The van der Waals surface area contributed by atoms with Crippen LogP contribution in [0, 0.1) is 10.1 Å². The maximum atomic E-state index is 12.7. The van der Waals surface area contributed by atoms with Crippen molar-refractivity contribution >= 4 is 11.5 Å². The molecule has 5 heteroatoms. The molecule has 0 bridgehead atoms. The molecule has 1 heterocycles. The van der Waals surface area contributed by atoms with Gasteiger partial charge in [-0.15, -0.1) is 0 Å². The van der Waals surface area contributed by atoms with Crippen molar-refractivity contribution in [3.63, 3.8) is 0 Å². The Morgan fingerprint density at radius 3 is 2.64 bits per heavy atom. The van der Waals surface area contributed by atoms with E-state index < -0.39 is 4.92 Å². The number of non-ortho nitro benzene ring substituents is 1. The van der Waals surface area contributed by atoms with Gasteiger partial charge in [-0.2, -0.15) is 0 Å². The summed E-state index contributed by atoms with van der Waals surface area (Å²) in [6.45, 7) is 4.96. The number of hydrogen-bond acceptors (Lipinski definition) is 3. The topological polar surface area (TPSA) is 65.1 Å². The quantitative estimate of drug-likeness (QED) is 0.441. The summed E-state index contributed by atoms with van der Waals surface area (Å²) in [5.74, 6) is -0.167. The van der Waals surface area contributed by atoms with Gasteiger partial charge in [0.1, 0.15) is 0 Å². The van der Waals surface area contributed by atoms with Crippen molar-refractivity contribution in [1.29, 1.82) is 0 Å². The van der Waals surface area contributed by atoms with E-state index in [1.54, 1.807) is 12.1 Å². The van der Waals surface area contributed by atoms with Crippen LogP contribution >= 0.6 is 0 Å². The number of aromatic nitrogens is 1. The van der Waals surface area contributed by atoms with Gasteiger partial charge in [-0.05, 0) is 25.0 Å². The molecule has 0 radical (unpaired) electrons. The molecule has 0 aliphatic heterocycles. The fourth-order valence-corrected chi connectivity index (χ4v) is 2.51. The number of rotatable bonds is 7. The monoisotopic (exact) mass is 300 g/mol. The van der Waals surface area contributed by atoms with Gasteiger partial charge in [0.05, 0.1) is 10.6 Å². The Bertz CT molecular complexity index is 689. The lowest BCUT2D eigenvalue weighted by atomic mass is 10.1. The zero-order valence-corrected chi connectivity index (χ0v) is 12.9. The lowest BCUT2D eigenvalue weighted by molar-refractivity contribution is -0.384. The summed E-state index contributed by atoms with van der Waals surface area (Å²) in [7, 11) is 0. The fraction of sp³-hybridized carbons (Fsp3) is 0.353. The highest BCUT2D eigenvalue weighted by Gasteiger charge is 2.18. The fourth-order valence-electron chi connectivity index (χ4n) is 2.51. The molecular weight excluding hydrogens is 280 g/mol.